The first-order valence-corrected chi connectivity index (χ1v) is 7.81. The third-order valence-electron chi connectivity index (χ3n) is 4.99. The molecule has 0 aromatic rings. The molecule has 2 unspecified atom stereocenters. The Morgan fingerprint density at radius 3 is 2.24 bits per heavy atom. The van der Waals surface area contributed by atoms with Crippen molar-refractivity contribution in [1.82, 2.24) is 9.80 Å². The van der Waals surface area contributed by atoms with Gasteiger partial charge in [-0.2, -0.15) is 13.2 Å². The van der Waals surface area contributed by atoms with Crippen LogP contribution in [-0.2, 0) is 4.79 Å². The smallest absolute Gasteiger partial charge is 0.342 e. The van der Waals surface area contributed by atoms with Crippen molar-refractivity contribution in [2.24, 2.45) is 11.8 Å². The second-order valence-electron chi connectivity index (χ2n) is 6.62. The number of amides is 1. The highest BCUT2D eigenvalue weighted by molar-refractivity contribution is 5.79. The van der Waals surface area contributed by atoms with Crippen LogP contribution in [0.3, 0.4) is 0 Å². The second kappa shape index (κ2) is 6.55. The summed E-state index contributed by atoms with van der Waals surface area (Å²) in [6.45, 7) is 1.35. The number of hydrogen-bond acceptors (Lipinski definition) is 2. The standard InChI is InChI=1S/C15H25F3N2O/c1-19(2)13-6-8-20(9-7-13)14(21)11-4-3-5-12(10-11)15(16,17)18/h11-13H,3-10H2,1-2H3. The summed E-state index contributed by atoms with van der Waals surface area (Å²) in [5.41, 5.74) is 0. The van der Waals surface area contributed by atoms with Gasteiger partial charge in [0, 0.05) is 25.0 Å². The minimum atomic E-state index is -4.16. The predicted molar refractivity (Wildman–Crippen MR) is 74.8 cm³/mol. The molecule has 0 bridgehead atoms. The SMILES string of the molecule is CN(C)C1CCN(C(=O)C2CCCC(C(F)(F)F)C2)CC1. The first-order chi connectivity index (χ1) is 9.79. The van der Waals surface area contributed by atoms with E-state index in [2.05, 4.69) is 4.90 Å². The zero-order chi connectivity index (χ0) is 15.6. The van der Waals surface area contributed by atoms with E-state index in [1.54, 1.807) is 4.90 Å². The Labute approximate surface area is 124 Å². The summed E-state index contributed by atoms with van der Waals surface area (Å²) < 4.78 is 38.5. The summed E-state index contributed by atoms with van der Waals surface area (Å²) in [7, 11) is 4.05. The average molecular weight is 306 g/mol. The third kappa shape index (κ3) is 4.11. The number of halogens is 3. The number of carbonyl (C=O) groups excluding carboxylic acids is 1. The largest absolute Gasteiger partial charge is 0.391 e. The summed E-state index contributed by atoms with van der Waals surface area (Å²) in [5.74, 6) is -1.78. The van der Waals surface area contributed by atoms with E-state index in [0.717, 1.165) is 12.8 Å². The monoisotopic (exact) mass is 306 g/mol. The van der Waals surface area contributed by atoms with Gasteiger partial charge in [-0.3, -0.25) is 4.79 Å². The predicted octanol–water partition coefficient (Wildman–Crippen LogP) is 2.91. The topological polar surface area (TPSA) is 23.6 Å². The number of piperidine rings is 1. The molecule has 1 amide bonds. The first-order valence-electron chi connectivity index (χ1n) is 7.81. The van der Waals surface area contributed by atoms with Gasteiger partial charge in [-0.05, 0) is 46.2 Å². The van der Waals surface area contributed by atoms with Crippen LogP contribution < -0.4 is 0 Å². The molecule has 2 aliphatic rings. The Morgan fingerprint density at radius 2 is 1.71 bits per heavy atom. The second-order valence-corrected chi connectivity index (χ2v) is 6.62. The quantitative estimate of drug-likeness (QED) is 0.783. The molecular weight excluding hydrogens is 281 g/mol. The number of carbonyl (C=O) groups is 1. The molecule has 1 saturated heterocycles. The Balaban J connectivity index is 1.89. The molecule has 0 aromatic heterocycles. The molecule has 0 N–H and O–H groups in total. The molecule has 122 valence electrons. The van der Waals surface area contributed by atoms with E-state index in [1.165, 1.54) is 0 Å². The maximum absolute atomic E-state index is 12.8. The normalized spacial score (nSPS) is 29.0. The van der Waals surface area contributed by atoms with Crippen LogP contribution in [0, 0.1) is 11.8 Å². The van der Waals surface area contributed by atoms with Gasteiger partial charge in [0.2, 0.25) is 5.91 Å². The molecule has 0 spiro atoms. The minimum absolute atomic E-state index is 0.0179. The van der Waals surface area contributed by atoms with Gasteiger partial charge in [0.25, 0.3) is 0 Å². The van der Waals surface area contributed by atoms with E-state index in [-0.39, 0.29) is 18.7 Å². The maximum atomic E-state index is 12.8. The van der Waals surface area contributed by atoms with Gasteiger partial charge < -0.3 is 9.80 Å². The lowest BCUT2D eigenvalue weighted by Crippen LogP contribution is -2.47. The molecule has 3 nitrogen and oxygen atoms in total. The third-order valence-corrected chi connectivity index (χ3v) is 4.99. The van der Waals surface area contributed by atoms with Gasteiger partial charge in [0.15, 0.2) is 0 Å². The highest BCUT2D eigenvalue weighted by atomic mass is 19.4. The molecule has 1 aliphatic heterocycles. The van der Waals surface area contributed by atoms with Crippen molar-refractivity contribution in [1.29, 1.82) is 0 Å². The van der Waals surface area contributed by atoms with Crippen molar-refractivity contribution < 1.29 is 18.0 Å². The summed E-state index contributed by atoms with van der Waals surface area (Å²) in [6, 6.07) is 0.475. The summed E-state index contributed by atoms with van der Waals surface area (Å²) in [5, 5.41) is 0. The van der Waals surface area contributed by atoms with Gasteiger partial charge in [0.1, 0.15) is 0 Å². The molecule has 21 heavy (non-hydrogen) atoms. The number of hydrogen-bond donors (Lipinski definition) is 0. The fourth-order valence-corrected chi connectivity index (χ4v) is 3.57. The molecule has 0 radical (unpaired) electrons. The Kier molecular flexibility index (Phi) is 5.17. The number of likely N-dealkylation sites (tertiary alicyclic amines) is 1. The van der Waals surface area contributed by atoms with E-state index in [1.807, 2.05) is 14.1 Å². The van der Waals surface area contributed by atoms with Gasteiger partial charge in [-0.25, -0.2) is 0 Å². The van der Waals surface area contributed by atoms with Gasteiger partial charge >= 0.3 is 6.18 Å². The van der Waals surface area contributed by atoms with E-state index in [9.17, 15) is 18.0 Å². The van der Waals surface area contributed by atoms with Crippen molar-refractivity contribution in [3.05, 3.63) is 0 Å². The maximum Gasteiger partial charge on any atom is 0.391 e. The highest BCUT2D eigenvalue weighted by Gasteiger charge is 2.44. The molecule has 0 aromatic carbocycles. The average Bonchev–Trinajstić information content (AvgIpc) is 2.46. The van der Waals surface area contributed by atoms with E-state index >= 15 is 0 Å². The fourth-order valence-electron chi connectivity index (χ4n) is 3.57. The van der Waals surface area contributed by atoms with Crippen LogP contribution in [0.4, 0.5) is 13.2 Å². The van der Waals surface area contributed by atoms with E-state index in [0.29, 0.717) is 32.0 Å². The Hall–Kier alpha value is -0.780. The molecule has 2 atom stereocenters. The zero-order valence-corrected chi connectivity index (χ0v) is 12.8. The van der Waals surface area contributed by atoms with Crippen LogP contribution in [0.1, 0.15) is 38.5 Å². The lowest BCUT2D eigenvalue weighted by molar-refractivity contribution is -0.187. The van der Waals surface area contributed by atoms with Crippen LogP contribution in [0.15, 0.2) is 0 Å². The Bertz CT molecular complexity index is 362. The van der Waals surface area contributed by atoms with Crippen molar-refractivity contribution in [2.45, 2.75) is 50.7 Å². The van der Waals surface area contributed by atoms with Gasteiger partial charge in [-0.15, -0.1) is 0 Å². The van der Waals surface area contributed by atoms with Gasteiger partial charge in [-0.1, -0.05) is 6.42 Å². The molecule has 2 rings (SSSR count). The van der Waals surface area contributed by atoms with Crippen molar-refractivity contribution >= 4 is 5.91 Å². The van der Waals surface area contributed by atoms with E-state index in [4.69, 9.17) is 0 Å². The minimum Gasteiger partial charge on any atom is -0.342 e. The van der Waals surface area contributed by atoms with Crippen molar-refractivity contribution in [3.63, 3.8) is 0 Å². The van der Waals surface area contributed by atoms with Crippen LogP contribution >= 0.6 is 0 Å². The highest BCUT2D eigenvalue weighted by Crippen LogP contribution is 2.40. The zero-order valence-electron chi connectivity index (χ0n) is 12.8. The number of nitrogens with zero attached hydrogens (tertiary/aromatic N) is 2. The molecule has 1 heterocycles. The molecular formula is C15H25F3N2O. The van der Waals surface area contributed by atoms with Crippen LogP contribution in [-0.4, -0.2) is 55.1 Å². The van der Waals surface area contributed by atoms with Crippen molar-refractivity contribution in [2.75, 3.05) is 27.2 Å². The van der Waals surface area contributed by atoms with Crippen molar-refractivity contribution in [3.8, 4) is 0 Å². The van der Waals surface area contributed by atoms with Gasteiger partial charge in [0.05, 0.1) is 5.92 Å². The summed E-state index contributed by atoms with van der Waals surface area (Å²) in [6.07, 6.45) is -1.06. The van der Waals surface area contributed by atoms with E-state index < -0.39 is 18.0 Å². The lowest BCUT2D eigenvalue weighted by Gasteiger charge is -2.38. The molecule has 2 fully saturated rings. The Morgan fingerprint density at radius 1 is 1.10 bits per heavy atom. The molecule has 1 aliphatic carbocycles. The summed E-state index contributed by atoms with van der Waals surface area (Å²) in [4.78, 5) is 16.4. The lowest BCUT2D eigenvalue weighted by atomic mass is 9.80. The number of alkyl halides is 3. The van der Waals surface area contributed by atoms with Crippen LogP contribution in [0.5, 0.6) is 0 Å². The van der Waals surface area contributed by atoms with Crippen LogP contribution in [0.2, 0.25) is 0 Å². The van der Waals surface area contributed by atoms with Crippen LogP contribution in [0.25, 0.3) is 0 Å². The fraction of sp³-hybridized carbons (Fsp3) is 0.933. The molecule has 6 heteroatoms. The molecule has 1 saturated carbocycles. The summed E-state index contributed by atoms with van der Waals surface area (Å²) >= 11 is 0. The number of rotatable bonds is 2. The first kappa shape index (κ1) is 16.6.